The molecule has 2 aliphatic rings. The van der Waals surface area contributed by atoms with E-state index in [0.29, 0.717) is 25.1 Å². The Hall–Kier alpha value is -5.77. The minimum Gasteiger partial charge on any atom is -0.444 e. The highest BCUT2D eigenvalue weighted by atomic mass is 19.1. The average Bonchev–Trinajstić information content (AvgIpc) is 3.91. The summed E-state index contributed by atoms with van der Waals surface area (Å²) >= 11 is 0. The van der Waals surface area contributed by atoms with Gasteiger partial charge in [-0.15, -0.1) is 0 Å². The Morgan fingerprint density at radius 3 is 2.31 bits per heavy atom. The van der Waals surface area contributed by atoms with Crippen molar-refractivity contribution < 1.29 is 47.4 Å². The third-order valence-corrected chi connectivity index (χ3v) is 10.8. The van der Waals surface area contributed by atoms with E-state index in [9.17, 15) is 38.3 Å². The van der Waals surface area contributed by atoms with E-state index in [2.05, 4.69) is 10.6 Å². The van der Waals surface area contributed by atoms with E-state index in [1.54, 1.807) is 31.5 Å². The first-order chi connectivity index (χ1) is 28.7. The topological polar surface area (TPSA) is 180 Å². The summed E-state index contributed by atoms with van der Waals surface area (Å²) in [4.78, 5) is 85.8. The van der Waals surface area contributed by atoms with Crippen LogP contribution < -0.4 is 10.6 Å². The molecule has 1 aliphatic heterocycles. The number of ether oxygens (including phenoxy) is 1. The smallest absolute Gasteiger partial charge is 0.408 e. The molecule has 3 aromatic rings. The van der Waals surface area contributed by atoms with Gasteiger partial charge in [0.15, 0.2) is 5.78 Å². The van der Waals surface area contributed by atoms with E-state index in [0.717, 1.165) is 28.7 Å². The lowest BCUT2D eigenvalue weighted by Gasteiger charge is -2.40. The number of imidazole rings is 1. The molecule has 2 heterocycles. The Kier molecular flexibility index (Phi) is 15.0. The van der Waals surface area contributed by atoms with Crippen molar-refractivity contribution in [2.24, 2.45) is 17.3 Å². The van der Waals surface area contributed by atoms with Gasteiger partial charge in [0.05, 0.1) is 17.8 Å². The van der Waals surface area contributed by atoms with Gasteiger partial charge in [-0.1, -0.05) is 57.5 Å². The fraction of sp³-hybridized carbons (Fsp3) is 0.489. The second-order valence-corrected chi connectivity index (χ2v) is 17.6. The Labute approximate surface area is 354 Å². The number of hydrogen-bond donors (Lipinski definition) is 3. The average molecular weight is 847 g/mol. The quantitative estimate of drug-likeness (QED) is 0.148. The molecule has 5 rings (SSSR count). The highest BCUT2D eigenvalue weighted by Crippen LogP contribution is 2.40. The highest BCUT2D eigenvalue weighted by Gasteiger charge is 2.40. The molecule has 1 fully saturated rings. The number of carbonyl (C=O) groups excluding carboxylic acids is 6. The molecule has 16 heteroatoms. The molecule has 1 aliphatic carbocycles. The molecule has 0 saturated heterocycles. The molecule has 1 saturated carbocycles. The number of halogens is 2. The lowest BCUT2D eigenvalue weighted by Crippen LogP contribution is -2.49. The van der Waals surface area contributed by atoms with Crippen LogP contribution >= 0.6 is 0 Å². The molecule has 14 nitrogen and oxygen atoms in total. The number of aromatic nitrogens is 2. The van der Waals surface area contributed by atoms with E-state index < -0.39 is 76.9 Å². The summed E-state index contributed by atoms with van der Waals surface area (Å²) in [5.41, 5.74) is -0.798. The molecule has 0 spiro atoms. The molecule has 0 bridgehead atoms. The molecule has 328 valence electrons. The predicted octanol–water partition coefficient (Wildman–Crippen LogP) is 5.48. The molecule has 1 aromatic heterocycles. The van der Waals surface area contributed by atoms with Gasteiger partial charge in [0.2, 0.25) is 11.8 Å². The number of carbonyl (C=O) groups is 6. The van der Waals surface area contributed by atoms with Crippen LogP contribution in [0.25, 0.3) is 11.3 Å². The van der Waals surface area contributed by atoms with Crippen LogP contribution in [0.5, 0.6) is 0 Å². The van der Waals surface area contributed by atoms with Crippen LogP contribution in [0, 0.1) is 28.9 Å². The van der Waals surface area contributed by atoms with Gasteiger partial charge in [-0.05, 0) is 75.1 Å². The number of amides is 5. The number of Topliss-reactive ketones (excluding diaryl/α,β-unsaturated/α-hetero) is 1. The summed E-state index contributed by atoms with van der Waals surface area (Å²) in [6.45, 7) is 9.86. The first-order valence-electron chi connectivity index (χ1n) is 20.6. The number of nitrogens with zero attached hydrogens (tertiary/aromatic N) is 4. The van der Waals surface area contributed by atoms with Crippen LogP contribution in [0.4, 0.5) is 13.6 Å². The largest absolute Gasteiger partial charge is 0.444 e. The van der Waals surface area contributed by atoms with Crippen LogP contribution in [0.2, 0.25) is 0 Å². The van der Waals surface area contributed by atoms with E-state index in [-0.39, 0.29) is 62.1 Å². The van der Waals surface area contributed by atoms with Crippen molar-refractivity contribution in [2.75, 3.05) is 26.2 Å². The van der Waals surface area contributed by atoms with Crippen molar-refractivity contribution in [1.82, 2.24) is 30.0 Å². The van der Waals surface area contributed by atoms with E-state index in [1.807, 2.05) is 51.1 Å². The van der Waals surface area contributed by atoms with Crippen molar-refractivity contribution in [3.05, 3.63) is 89.9 Å². The van der Waals surface area contributed by atoms with Crippen LogP contribution in [-0.2, 0) is 35.3 Å². The summed E-state index contributed by atoms with van der Waals surface area (Å²) in [6, 6.07) is 10.3. The second-order valence-electron chi connectivity index (χ2n) is 17.6. The summed E-state index contributed by atoms with van der Waals surface area (Å²) < 4.78 is 36.9. The minimum absolute atomic E-state index is 0.00271. The van der Waals surface area contributed by atoms with E-state index in [1.165, 1.54) is 17.1 Å². The standard InChI is InChI=1S/C45H56F2N6O8/c1-44(2,3)40(41-49-35(32-24-30(46)15-16-33(32)47)26-51(41)25-28-11-8-7-9-12-28)53(39(58)27-54)21-19-34(50-43(60)61-45(4,5)6)36(55)23-29-13-10-14-31(29)42(59)48-20-22-52-37(56)17-18-38(52)57/h7-9,11-12,15-18,24,26,29,31,34,40,54H,10,13-14,19-23,25,27H2,1-6H3,(H,48,59)(H,50,60)/t29-,31-,34+,40+/m1/s1. The fourth-order valence-electron chi connectivity index (χ4n) is 7.99. The van der Waals surface area contributed by atoms with Gasteiger partial charge in [0.25, 0.3) is 11.8 Å². The fourth-order valence-corrected chi connectivity index (χ4v) is 7.99. The second kappa shape index (κ2) is 19.7. The van der Waals surface area contributed by atoms with Crippen molar-refractivity contribution in [1.29, 1.82) is 0 Å². The number of aliphatic hydroxyl groups is 1. The van der Waals surface area contributed by atoms with Crippen LogP contribution in [0.3, 0.4) is 0 Å². The van der Waals surface area contributed by atoms with E-state index >= 15 is 4.39 Å². The summed E-state index contributed by atoms with van der Waals surface area (Å²) in [7, 11) is 0. The number of hydrogen-bond acceptors (Lipinski definition) is 9. The van der Waals surface area contributed by atoms with Gasteiger partial charge in [0, 0.05) is 62.4 Å². The lowest BCUT2D eigenvalue weighted by atomic mass is 9.84. The lowest BCUT2D eigenvalue weighted by molar-refractivity contribution is -0.140. The molecule has 2 aromatic carbocycles. The molecule has 61 heavy (non-hydrogen) atoms. The SMILES string of the molecule is CC(C)(C)OC(=O)N[C@@H](CCN(C(=O)CO)[C@@H](c1nc(-c2cc(F)ccc2F)cn1Cc1ccccc1)C(C)(C)C)C(=O)C[C@H]1CCC[C@H]1C(=O)NCCN1C(=O)C=CC1=O. The normalized spacial score (nSPS) is 17.6. The number of nitrogens with one attached hydrogen (secondary N) is 2. The number of imide groups is 1. The molecular formula is C45H56F2N6O8. The van der Waals surface area contributed by atoms with Crippen LogP contribution in [0.15, 0.2) is 66.9 Å². The summed E-state index contributed by atoms with van der Waals surface area (Å²) in [5, 5.41) is 15.8. The Morgan fingerprint density at radius 2 is 1.67 bits per heavy atom. The van der Waals surface area contributed by atoms with Gasteiger partial charge in [-0.25, -0.2) is 18.6 Å². The monoisotopic (exact) mass is 846 g/mol. The predicted molar refractivity (Wildman–Crippen MR) is 221 cm³/mol. The summed E-state index contributed by atoms with van der Waals surface area (Å²) in [6.07, 6.45) is 4.63. The zero-order valence-electron chi connectivity index (χ0n) is 35.6. The van der Waals surface area contributed by atoms with Crippen molar-refractivity contribution in [3.8, 4) is 11.3 Å². The van der Waals surface area contributed by atoms with Crippen molar-refractivity contribution in [3.63, 3.8) is 0 Å². The molecular weight excluding hydrogens is 791 g/mol. The molecule has 0 unspecified atom stereocenters. The zero-order chi connectivity index (χ0) is 44.6. The van der Waals surface area contributed by atoms with Gasteiger partial charge in [0.1, 0.15) is 29.7 Å². The third kappa shape index (κ3) is 12.2. The highest BCUT2D eigenvalue weighted by molar-refractivity contribution is 6.12. The maximum atomic E-state index is 15.2. The molecule has 3 N–H and O–H groups in total. The first kappa shape index (κ1) is 46.3. The maximum Gasteiger partial charge on any atom is 0.408 e. The number of alkyl carbamates (subject to hydrolysis) is 1. The van der Waals surface area contributed by atoms with Gasteiger partial charge < -0.3 is 29.9 Å². The zero-order valence-corrected chi connectivity index (χ0v) is 35.6. The number of ketones is 1. The third-order valence-electron chi connectivity index (χ3n) is 10.8. The Morgan fingerprint density at radius 1 is 0.984 bits per heavy atom. The summed E-state index contributed by atoms with van der Waals surface area (Å²) in [5.74, 6) is -4.28. The van der Waals surface area contributed by atoms with Crippen LogP contribution in [0.1, 0.15) is 91.1 Å². The van der Waals surface area contributed by atoms with E-state index in [4.69, 9.17) is 9.72 Å². The number of benzene rings is 2. The van der Waals surface area contributed by atoms with Crippen LogP contribution in [-0.4, -0.2) is 97.8 Å². The van der Waals surface area contributed by atoms with Crippen molar-refractivity contribution in [2.45, 2.75) is 97.9 Å². The molecule has 5 amide bonds. The van der Waals surface area contributed by atoms with Gasteiger partial charge in [-0.2, -0.15) is 0 Å². The minimum atomic E-state index is -1.19. The van der Waals surface area contributed by atoms with Crippen molar-refractivity contribution >= 4 is 35.5 Å². The Balaban J connectivity index is 1.43. The molecule has 0 radical (unpaired) electrons. The number of aliphatic hydroxyl groups excluding tert-OH is 1. The van der Waals surface area contributed by atoms with Gasteiger partial charge in [-0.3, -0.25) is 28.9 Å². The molecule has 4 atom stereocenters. The maximum absolute atomic E-state index is 15.2. The number of rotatable bonds is 17. The first-order valence-corrected chi connectivity index (χ1v) is 20.6. The van der Waals surface area contributed by atoms with Gasteiger partial charge >= 0.3 is 6.09 Å². The Bertz CT molecular complexity index is 2110.